The molecule has 0 saturated heterocycles. The molecule has 2 fully saturated rings. The molecular formula is C18H17FeN+2. The maximum atomic E-state index is 4.42. The molecule has 0 unspecified atom stereocenters. The number of para-hydroxylation sites is 1. The maximum Gasteiger partial charge on any atom is 2.00 e. The Hall–Kier alpha value is -0.591. The van der Waals surface area contributed by atoms with Crippen molar-refractivity contribution in [1.82, 2.24) is 0 Å². The van der Waals surface area contributed by atoms with E-state index >= 15 is 0 Å². The first-order valence-corrected chi connectivity index (χ1v) is 6.34. The van der Waals surface area contributed by atoms with E-state index in [-0.39, 0.29) is 17.1 Å². The fraction of sp³-hybridized carbons (Fsp3) is 0.0556. The van der Waals surface area contributed by atoms with E-state index in [0.29, 0.717) is 0 Å². The Bertz CT molecular complexity index is 383. The van der Waals surface area contributed by atoms with Crippen LogP contribution in [0, 0.1) is 70.6 Å². The Morgan fingerprint density at radius 2 is 1.35 bits per heavy atom. The number of aliphatic imine (C=N–C) groups is 1. The molecule has 10 radical (unpaired) electrons. The van der Waals surface area contributed by atoms with Crippen molar-refractivity contribution in [3.63, 3.8) is 0 Å². The van der Waals surface area contributed by atoms with Crippen molar-refractivity contribution >= 4 is 11.9 Å². The summed E-state index contributed by atoms with van der Waals surface area (Å²) in [4.78, 5) is 4.42. The monoisotopic (exact) mass is 303 g/mol. The van der Waals surface area contributed by atoms with E-state index in [1.807, 2.05) is 82.2 Å². The zero-order valence-corrected chi connectivity index (χ0v) is 12.5. The predicted octanol–water partition coefficient (Wildman–Crippen LogP) is 4.12. The number of nitrogens with zero attached hydrogens (tertiary/aromatic N) is 1. The zero-order valence-electron chi connectivity index (χ0n) is 11.4. The molecule has 0 spiro atoms. The largest absolute Gasteiger partial charge is 2.00 e. The van der Waals surface area contributed by atoms with E-state index in [1.54, 1.807) is 0 Å². The minimum Gasteiger partial charge on any atom is -0.260 e. The summed E-state index contributed by atoms with van der Waals surface area (Å²) in [5.41, 5.74) is 2.24. The van der Waals surface area contributed by atoms with Gasteiger partial charge in [-0.3, -0.25) is 4.99 Å². The number of aryl methyl sites for hydroxylation is 1. The fourth-order valence-corrected chi connectivity index (χ4v) is 1.65. The van der Waals surface area contributed by atoms with Crippen LogP contribution in [0.3, 0.4) is 0 Å². The first kappa shape index (κ1) is 17.5. The summed E-state index contributed by atoms with van der Waals surface area (Å²) in [7, 11) is 0. The first-order valence-electron chi connectivity index (χ1n) is 6.34. The Morgan fingerprint density at radius 1 is 0.800 bits per heavy atom. The normalized spacial score (nSPS) is 18.6. The molecule has 20 heavy (non-hydrogen) atoms. The molecule has 0 aromatic heterocycles. The van der Waals surface area contributed by atoms with Gasteiger partial charge in [0, 0.05) is 12.1 Å². The Morgan fingerprint density at radius 3 is 1.90 bits per heavy atom. The van der Waals surface area contributed by atoms with Crippen LogP contribution in [0.2, 0.25) is 0 Å². The molecule has 2 saturated carbocycles. The summed E-state index contributed by atoms with van der Waals surface area (Å²) in [5.74, 6) is 1.15. The van der Waals surface area contributed by atoms with Crippen molar-refractivity contribution in [1.29, 1.82) is 0 Å². The van der Waals surface area contributed by atoms with Gasteiger partial charge in [0.2, 0.25) is 0 Å². The predicted molar refractivity (Wildman–Crippen MR) is 81.3 cm³/mol. The Labute approximate surface area is 134 Å². The second kappa shape index (κ2) is 10.2. The van der Waals surface area contributed by atoms with E-state index in [1.165, 1.54) is 5.56 Å². The third-order valence-corrected chi connectivity index (χ3v) is 2.71. The van der Waals surface area contributed by atoms with E-state index < -0.39 is 0 Å². The van der Waals surface area contributed by atoms with Gasteiger partial charge in [-0.1, -0.05) is 18.2 Å². The van der Waals surface area contributed by atoms with Crippen LogP contribution < -0.4 is 0 Å². The summed E-state index contributed by atoms with van der Waals surface area (Å²) in [6.07, 6.45) is 20.0. The van der Waals surface area contributed by atoms with Gasteiger partial charge < -0.3 is 0 Å². The van der Waals surface area contributed by atoms with Crippen LogP contribution in [0.15, 0.2) is 29.3 Å². The number of hydrogen-bond acceptors (Lipinski definition) is 1. The van der Waals surface area contributed by atoms with Crippen molar-refractivity contribution < 1.29 is 17.1 Å². The van der Waals surface area contributed by atoms with E-state index in [0.717, 1.165) is 11.6 Å². The molecule has 1 nitrogen and oxygen atoms in total. The van der Waals surface area contributed by atoms with Crippen molar-refractivity contribution in [2.24, 2.45) is 4.99 Å². The van der Waals surface area contributed by atoms with Gasteiger partial charge in [-0.05, 0) is 76.3 Å². The fourth-order valence-electron chi connectivity index (χ4n) is 1.65. The van der Waals surface area contributed by atoms with Crippen molar-refractivity contribution in [3.05, 3.63) is 93.5 Å². The summed E-state index contributed by atoms with van der Waals surface area (Å²) < 4.78 is 0. The standard InChI is InChI=1S/C13H12N.C5H5.Fe/c1-11-6-2-5-9-13(11)14-10-12-7-3-4-8-12;1-2-4-5-3-1;/h2-10H,1H3;1-5H;/q;;+2. The summed E-state index contributed by atoms with van der Waals surface area (Å²) >= 11 is 0. The number of rotatable bonds is 2. The van der Waals surface area contributed by atoms with Crippen molar-refractivity contribution in [2.45, 2.75) is 6.92 Å². The van der Waals surface area contributed by atoms with Crippen LogP contribution in [-0.2, 0) is 17.1 Å². The molecule has 1 aromatic rings. The molecule has 0 bridgehead atoms. The van der Waals surface area contributed by atoms with Gasteiger partial charge in [-0.25, -0.2) is 0 Å². The molecule has 0 amide bonds. The minimum atomic E-state index is 0. The van der Waals surface area contributed by atoms with Crippen molar-refractivity contribution in [3.8, 4) is 0 Å². The third kappa shape index (κ3) is 6.24. The van der Waals surface area contributed by atoms with Crippen LogP contribution in [0.4, 0.5) is 5.69 Å². The zero-order chi connectivity index (χ0) is 13.3. The van der Waals surface area contributed by atoms with Gasteiger partial charge >= 0.3 is 17.1 Å². The molecule has 0 atom stereocenters. The maximum absolute atomic E-state index is 4.42. The second-order valence-corrected chi connectivity index (χ2v) is 4.23. The van der Waals surface area contributed by atoms with Crippen LogP contribution in [0.25, 0.3) is 0 Å². The molecule has 2 aliphatic rings. The van der Waals surface area contributed by atoms with Gasteiger partial charge in [0.25, 0.3) is 0 Å². The molecule has 0 aliphatic heterocycles. The Balaban J connectivity index is 0.000000283. The number of benzene rings is 1. The van der Waals surface area contributed by atoms with Crippen LogP contribution in [0.1, 0.15) is 5.56 Å². The molecule has 1 aromatic carbocycles. The summed E-state index contributed by atoms with van der Waals surface area (Å²) in [5, 5.41) is 0. The molecule has 2 heteroatoms. The minimum absolute atomic E-state index is 0. The van der Waals surface area contributed by atoms with E-state index in [4.69, 9.17) is 0 Å². The Kier molecular flexibility index (Phi) is 8.89. The molecule has 0 N–H and O–H groups in total. The van der Waals surface area contributed by atoms with Gasteiger partial charge in [-0.2, -0.15) is 0 Å². The molecular weight excluding hydrogens is 286 g/mol. The molecule has 3 rings (SSSR count). The van der Waals surface area contributed by atoms with Crippen LogP contribution in [-0.4, -0.2) is 6.21 Å². The van der Waals surface area contributed by atoms with Gasteiger partial charge in [0.1, 0.15) is 0 Å². The van der Waals surface area contributed by atoms with Gasteiger partial charge in [0.05, 0.1) is 5.69 Å². The molecule has 0 heterocycles. The van der Waals surface area contributed by atoms with Gasteiger partial charge in [-0.15, -0.1) is 0 Å². The molecule has 100 valence electrons. The summed E-state index contributed by atoms with van der Waals surface area (Å²) in [6.45, 7) is 2.07. The van der Waals surface area contributed by atoms with Gasteiger partial charge in [0.15, 0.2) is 0 Å². The van der Waals surface area contributed by atoms with E-state index in [2.05, 4.69) is 18.0 Å². The quantitative estimate of drug-likeness (QED) is 0.575. The topological polar surface area (TPSA) is 12.4 Å². The average molecular weight is 303 g/mol. The average Bonchev–Trinajstić information content (AvgIpc) is 3.14. The summed E-state index contributed by atoms with van der Waals surface area (Å²) in [6, 6.07) is 8.12. The third-order valence-electron chi connectivity index (χ3n) is 2.71. The molecule has 2 aliphatic carbocycles. The van der Waals surface area contributed by atoms with Crippen LogP contribution >= 0.6 is 0 Å². The SMILES string of the molecule is Cc1ccccc1N=C[C]1[CH][CH][CH][CH]1.[CH]1[CH][CH][CH][CH]1.[Fe+2]. The van der Waals surface area contributed by atoms with Crippen LogP contribution in [0.5, 0.6) is 0 Å². The van der Waals surface area contributed by atoms with E-state index in [9.17, 15) is 0 Å². The van der Waals surface area contributed by atoms with Crippen molar-refractivity contribution in [2.75, 3.05) is 0 Å². The second-order valence-electron chi connectivity index (χ2n) is 4.23. The first-order chi connectivity index (χ1) is 9.36. The smallest absolute Gasteiger partial charge is 0.260 e. The number of hydrogen-bond donors (Lipinski definition) is 0.